The van der Waals surface area contributed by atoms with Gasteiger partial charge in [-0.2, -0.15) is 0 Å². The first-order valence-corrected chi connectivity index (χ1v) is 13.1. The molecule has 0 unspecified atom stereocenters. The molecule has 2 heterocycles. The summed E-state index contributed by atoms with van der Waals surface area (Å²) < 4.78 is 11.8. The van der Waals surface area contributed by atoms with E-state index in [2.05, 4.69) is 26.3 Å². The van der Waals surface area contributed by atoms with Gasteiger partial charge in [-0.05, 0) is 78.6 Å². The van der Waals surface area contributed by atoms with Crippen molar-refractivity contribution in [2.24, 2.45) is 0 Å². The van der Waals surface area contributed by atoms with E-state index in [1.165, 1.54) is 6.92 Å². The van der Waals surface area contributed by atoms with Crippen LogP contribution in [0.25, 0.3) is 10.9 Å². The van der Waals surface area contributed by atoms with Crippen molar-refractivity contribution in [2.75, 3.05) is 11.6 Å². The van der Waals surface area contributed by atoms with Crippen LogP contribution in [0.3, 0.4) is 0 Å². The molecule has 38 heavy (non-hydrogen) atoms. The Morgan fingerprint density at radius 1 is 1.00 bits per heavy atom. The highest BCUT2D eigenvalue weighted by Gasteiger charge is 2.44. The van der Waals surface area contributed by atoms with Crippen LogP contribution in [0.15, 0.2) is 34.8 Å². The molecule has 1 aromatic heterocycles. The Morgan fingerprint density at radius 2 is 1.61 bits per heavy atom. The molecule has 1 N–H and O–H groups in total. The van der Waals surface area contributed by atoms with E-state index < -0.39 is 41.2 Å². The maximum Gasteiger partial charge on any atom is 0.430 e. The fourth-order valence-electron chi connectivity index (χ4n) is 3.79. The molecular formula is C26H34BrN5O6. The van der Waals surface area contributed by atoms with Gasteiger partial charge in [0, 0.05) is 23.3 Å². The largest absolute Gasteiger partial charge is 0.442 e. The molecule has 11 nitrogen and oxygen atoms in total. The van der Waals surface area contributed by atoms with E-state index in [1.807, 2.05) is 12.1 Å². The second kappa shape index (κ2) is 11.1. The molecule has 4 amide bonds. The van der Waals surface area contributed by atoms with Crippen molar-refractivity contribution in [3.05, 3.63) is 34.8 Å². The van der Waals surface area contributed by atoms with Gasteiger partial charge < -0.3 is 9.47 Å². The van der Waals surface area contributed by atoms with Crippen LogP contribution in [0.1, 0.15) is 61.3 Å². The summed E-state index contributed by atoms with van der Waals surface area (Å²) in [6.07, 6.45) is -1.02. The number of benzene rings is 1. The Kier molecular flexibility index (Phi) is 8.55. The van der Waals surface area contributed by atoms with Crippen molar-refractivity contribution in [1.29, 1.82) is 0 Å². The Hall–Kier alpha value is -3.41. The number of carbonyl (C=O) groups excluding carboxylic acids is 4. The van der Waals surface area contributed by atoms with Crippen LogP contribution in [0.5, 0.6) is 0 Å². The molecule has 206 valence electrons. The number of pyridine rings is 1. The first kappa shape index (κ1) is 29.2. The normalized spacial score (nSPS) is 16.2. The molecule has 0 radical (unpaired) electrons. The summed E-state index contributed by atoms with van der Waals surface area (Å²) in [7, 11) is 0. The minimum absolute atomic E-state index is 0.148. The van der Waals surface area contributed by atoms with Crippen LogP contribution in [0.4, 0.5) is 15.4 Å². The van der Waals surface area contributed by atoms with Crippen molar-refractivity contribution >= 4 is 56.7 Å². The molecule has 1 aliphatic rings. The monoisotopic (exact) mass is 591 g/mol. The second-order valence-corrected chi connectivity index (χ2v) is 11.8. The number of halogens is 1. The third-order valence-electron chi connectivity index (χ3n) is 5.30. The summed E-state index contributed by atoms with van der Waals surface area (Å²) >= 11 is 3.41. The van der Waals surface area contributed by atoms with Gasteiger partial charge in [0.1, 0.15) is 17.2 Å². The fourth-order valence-corrected chi connectivity index (χ4v) is 4.14. The molecule has 1 saturated heterocycles. The zero-order valence-electron chi connectivity index (χ0n) is 22.7. The summed E-state index contributed by atoms with van der Waals surface area (Å²) in [6.45, 7) is 11.6. The lowest BCUT2D eigenvalue weighted by molar-refractivity contribution is -0.141. The van der Waals surface area contributed by atoms with E-state index in [1.54, 1.807) is 59.7 Å². The molecule has 1 fully saturated rings. The minimum atomic E-state index is -1.15. The highest BCUT2D eigenvalue weighted by molar-refractivity contribution is 9.10. The average molecular weight is 592 g/mol. The highest BCUT2D eigenvalue weighted by atomic mass is 79.9. The molecule has 3 rings (SSSR count). The van der Waals surface area contributed by atoms with E-state index >= 15 is 0 Å². The number of hydrogen-bond acceptors (Lipinski definition) is 7. The molecular weight excluding hydrogens is 558 g/mol. The van der Waals surface area contributed by atoms with Crippen molar-refractivity contribution in [1.82, 2.24) is 20.4 Å². The molecule has 1 atom stereocenters. The lowest BCUT2D eigenvalue weighted by Gasteiger charge is -2.43. The maximum atomic E-state index is 13.6. The third-order valence-corrected chi connectivity index (χ3v) is 5.79. The summed E-state index contributed by atoms with van der Waals surface area (Å²) in [5.74, 6) is -0.987. The number of aromatic nitrogens is 1. The molecule has 0 saturated carbocycles. The van der Waals surface area contributed by atoms with Crippen molar-refractivity contribution in [3.63, 3.8) is 0 Å². The Bertz CT molecular complexity index is 1240. The lowest BCUT2D eigenvalue weighted by Crippen LogP contribution is -2.64. The van der Waals surface area contributed by atoms with E-state index in [4.69, 9.17) is 9.47 Å². The van der Waals surface area contributed by atoms with Gasteiger partial charge in [0.2, 0.25) is 5.91 Å². The predicted molar refractivity (Wildman–Crippen MR) is 145 cm³/mol. The van der Waals surface area contributed by atoms with Gasteiger partial charge >= 0.3 is 12.2 Å². The van der Waals surface area contributed by atoms with E-state index in [0.29, 0.717) is 11.9 Å². The number of rotatable bonds is 2. The summed E-state index contributed by atoms with van der Waals surface area (Å²) in [4.78, 5) is 56.9. The van der Waals surface area contributed by atoms with E-state index in [0.717, 1.165) is 24.9 Å². The van der Waals surface area contributed by atoms with Crippen LogP contribution < -0.4 is 10.4 Å². The van der Waals surface area contributed by atoms with Crippen LogP contribution >= 0.6 is 15.9 Å². The predicted octanol–water partition coefficient (Wildman–Crippen LogP) is 4.93. The lowest BCUT2D eigenvalue weighted by atomic mass is 10.1. The zero-order chi connectivity index (χ0) is 28.4. The highest BCUT2D eigenvalue weighted by Crippen LogP contribution is 2.26. The number of anilines is 1. The molecule has 1 aromatic carbocycles. The number of nitrogens with zero attached hydrogens (tertiary/aromatic N) is 4. The minimum Gasteiger partial charge on any atom is -0.442 e. The quantitative estimate of drug-likeness (QED) is 0.491. The van der Waals surface area contributed by atoms with Gasteiger partial charge in [-0.25, -0.2) is 29.6 Å². The Balaban J connectivity index is 1.93. The third kappa shape index (κ3) is 7.33. The smallest absolute Gasteiger partial charge is 0.430 e. The van der Waals surface area contributed by atoms with Gasteiger partial charge in [-0.1, -0.05) is 22.0 Å². The van der Waals surface area contributed by atoms with Gasteiger partial charge in [0.05, 0.1) is 5.52 Å². The molecule has 0 bridgehead atoms. The van der Waals surface area contributed by atoms with E-state index in [-0.39, 0.29) is 18.8 Å². The molecule has 2 aromatic rings. The maximum absolute atomic E-state index is 13.6. The standard InChI is InChI=1S/C26H34BrN5O6/c1-16(33)31(21-13-11-17-10-12-18(27)15-19(17)28-21)29-22(34)20-9-8-14-30(23(35)37-25(2,3)4)32(20)24(36)38-26(5,6)7/h10-13,15,20H,8-9,14H2,1-7H3,(H,29,34)/t20-/m0/s1. The van der Waals surface area contributed by atoms with Gasteiger partial charge in [-0.3, -0.25) is 15.0 Å². The first-order chi connectivity index (χ1) is 17.6. The SMILES string of the molecule is CC(=O)N(NC(=O)[C@@H]1CCCN(C(=O)OC(C)(C)C)N1C(=O)OC(C)(C)C)c1ccc2ccc(Br)cc2n1. The molecule has 0 aliphatic carbocycles. The average Bonchev–Trinajstić information content (AvgIpc) is 2.79. The molecule has 0 spiro atoms. The molecule has 12 heteroatoms. The summed E-state index contributed by atoms with van der Waals surface area (Å²) in [5.41, 5.74) is 1.48. The Morgan fingerprint density at radius 3 is 2.21 bits per heavy atom. The van der Waals surface area contributed by atoms with Crippen LogP contribution in [-0.4, -0.2) is 62.8 Å². The zero-order valence-corrected chi connectivity index (χ0v) is 24.3. The topological polar surface area (TPSA) is 121 Å². The number of amides is 4. The van der Waals surface area contributed by atoms with Crippen LogP contribution in [0, 0.1) is 0 Å². The van der Waals surface area contributed by atoms with Crippen molar-refractivity contribution in [2.45, 2.75) is 78.6 Å². The number of nitrogens with one attached hydrogen (secondary N) is 1. The van der Waals surface area contributed by atoms with Crippen LogP contribution in [0.2, 0.25) is 0 Å². The van der Waals surface area contributed by atoms with E-state index in [9.17, 15) is 19.2 Å². The summed E-state index contributed by atoms with van der Waals surface area (Å²) in [5, 5.41) is 3.92. The van der Waals surface area contributed by atoms with Crippen molar-refractivity contribution in [3.8, 4) is 0 Å². The first-order valence-electron chi connectivity index (χ1n) is 12.3. The van der Waals surface area contributed by atoms with Gasteiger partial charge in [0.15, 0.2) is 5.82 Å². The fraction of sp³-hybridized carbons (Fsp3) is 0.500. The number of ether oxygens (including phenoxy) is 2. The number of hydrazine groups is 2. The number of carbonyl (C=O) groups is 4. The number of fused-ring (bicyclic) bond motifs is 1. The van der Waals surface area contributed by atoms with Crippen LogP contribution in [-0.2, 0) is 19.1 Å². The van der Waals surface area contributed by atoms with Gasteiger partial charge in [0.25, 0.3) is 5.91 Å². The van der Waals surface area contributed by atoms with Crippen molar-refractivity contribution < 1.29 is 28.7 Å². The van der Waals surface area contributed by atoms with Gasteiger partial charge in [-0.15, -0.1) is 0 Å². The Labute approximate surface area is 230 Å². The second-order valence-electron chi connectivity index (χ2n) is 10.9. The number of hydrogen-bond donors (Lipinski definition) is 1. The molecule has 1 aliphatic heterocycles. The summed E-state index contributed by atoms with van der Waals surface area (Å²) in [6, 6.07) is 7.78.